The smallest absolute Gasteiger partial charge is 0.295 e. The van der Waals surface area contributed by atoms with Crippen molar-refractivity contribution in [2.45, 2.75) is 19.9 Å². The van der Waals surface area contributed by atoms with Crippen LogP contribution in [0.2, 0.25) is 0 Å². The number of ketones is 1. The number of carbonyl (C=O) groups excluding carboxylic acids is 2. The maximum Gasteiger partial charge on any atom is 0.295 e. The lowest BCUT2D eigenvalue weighted by Crippen LogP contribution is -2.35. The molecule has 1 aromatic carbocycles. The van der Waals surface area contributed by atoms with E-state index in [0.29, 0.717) is 30.1 Å². The molecule has 0 spiro atoms. The molecule has 1 fully saturated rings. The highest BCUT2D eigenvalue weighted by atomic mass is 16.5. The predicted molar refractivity (Wildman–Crippen MR) is 113 cm³/mol. The number of likely N-dealkylation sites (N-methyl/N-ethyl adjacent to an activating group) is 1. The lowest BCUT2D eigenvalue weighted by Gasteiger charge is -2.26. The third kappa shape index (κ3) is 3.70. The molecule has 1 saturated heterocycles. The fraction of sp³-hybridized carbons (Fsp3) is 0.409. The number of aryl methyl sites for hydroxylation is 2. The second kappa shape index (κ2) is 8.31. The molecule has 0 bridgehead atoms. The summed E-state index contributed by atoms with van der Waals surface area (Å²) in [6.07, 6.45) is 0. The number of methoxy groups -OCH3 is 1. The molecule has 30 heavy (non-hydrogen) atoms. The molecule has 2 heterocycles. The number of carbonyl (C=O) groups is 2. The number of nitrogens with zero attached hydrogens (tertiary/aromatic N) is 4. The summed E-state index contributed by atoms with van der Waals surface area (Å²) in [5.74, 6) is -0.819. The van der Waals surface area contributed by atoms with Gasteiger partial charge in [-0.15, -0.1) is 0 Å². The van der Waals surface area contributed by atoms with Crippen molar-refractivity contribution in [3.8, 4) is 5.75 Å². The molecule has 1 atom stereocenters. The largest absolute Gasteiger partial charge is 0.507 e. The second-order valence-electron chi connectivity index (χ2n) is 7.74. The highest BCUT2D eigenvalue weighted by Crippen LogP contribution is 2.40. The number of aliphatic hydroxyl groups is 1. The van der Waals surface area contributed by atoms with Gasteiger partial charge in [0.15, 0.2) is 0 Å². The van der Waals surface area contributed by atoms with Crippen LogP contribution in [0.3, 0.4) is 0 Å². The van der Waals surface area contributed by atoms with Crippen LogP contribution in [0.4, 0.5) is 0 Å². The molecule has 160 valence electrons. The van der Waals surface area contributed by atoms with E-state index in [1.807, 2.05) is 38.1 Å². The number of aliphatic hydroxyl groups excluding tert-OH is 1. The molecule has 1 aromatic heterocycles. The summed E-state index contributed by atoms with van der Waals surface area (Å²) >= 11 is 0. The maximum atomic E-state index is 13.0. The lowest BCUT2D eigenvalue weighted by molar-refractivity contribution is -0.140. The van der Waals surface area contributed by atoms with Gasteiger partial charge in [-0.2, -0.15) is 5.10 Å². The van der Waals surface area contributed by atoms with Gasteiger partial charge in [0.2, 0.25) is 0 Å². The van der Waals surface area contributed by atoms with Gasteiger partial charge >= 0.3 is 0 Å². The number of ether oxygens (including phenoxy) is 1. The zero-order valence-corrected chi connectivity index (χ0v) is 18.3. The van der Waals surface area contributed by atoms with E-state index in [4.69, 9.17) is 4.74 Å². The molecule has 3 rings (SSSR count). The van der Waals surface area contributed by atoms with Crippen LogP contribution in [0.5, 0.6) is 5.75 Å². The summed E-state index contributed by atoms with van der Waals surface area (Å²) < 4.78 is 6.88. The normalized spacial score (nSPS) is 18.5. The number of likely N-dealkylation sites (tertiary alicyclic amines) is 1. The van der Waals surface area contributed by atoms with Crippen molar-refractivity contribution >= 4 is 17.4 Å². The predicted octanol–water partition coefficient (Wildman–Crippen LogP) is 2.03. The van der Waals surface area contributed by atoms with Crippen LogP contribution in [0, 0.1) is 13.8 Å². The number of hydrogen-bond donors (Lipinski definition) is 1. The molecule has 1 aliphatic heterocycles. The van der Waals surface area contributed by atoms with E-state index in [9.17, 15) is 14.7 Å². The molecule has 1 N–H and O–H groups in total. The van der Waals surface area contributed by atoms with Gasteiger partial charge < -0.3 is 19.6 Å². The number of aromatic nitrogens is 2. The van der Waals surface area contributed by atoms with Crippen molar-refractivity contribution < 1.29 is 19.4 Å². The molecule has 0 saturated carbocycles. The van der Waals surface area contributed by atoms with Crippen molar-refractivity contribution in [1.29, 1.82) is 0 Å². The third-order valence-corrected chi connectivity index (χ3v) is 5.51. The molecule has 0 aliphatic carbocycles. The Balaban J connectivity index is 2.19. The number of benzene rings is 1. The van der Waals surface area contributed by atoms with Crippen LogP contribution in [0.1, 0.15) is 28.6 Å². The monoisotopic (exact) mass is 412 g/mol. The Labute approximate surface area is 176 Å². The first-order chi connectivity index (χ1) is 14.2. The number of rotatable bonds is 6. The van der Waals surface area contributed by atoms with Gasteiger partial charge in [0, 0.05) is 25.8 Å². The van der Waals surface area contributed by atoms with Crippen molar-refractivity contribution in [1.82, 2.24) is 19.6 Å². The Hall–Kier alpha value is -3.13. The minimum Gasteiger partial charge on any atom is -0.507 e. The molecule has 1 amide bonds. The van der Waals surface area contributed by atoms with Crippen molar-refractivity contribution in [2.75, 3.05) is 34.3 Å². The summed E-state index contributed by atoms with van der Waals surface area (Å²) in [5, 5.41) is 15.5. The van der Waals surface area contributed by atoms with Gasteiger partial charge in [0.1, 0.15) is 11.5 Å². The molecular formula is C22H28N4O4. The highest BCUT2D eigenvalue weighted by molar-refractivity contribution is 6.46. The Morgan fingerprint density at radius 1 is 1.20 bits per heavy atom. The fourth-order valence-corrected chi connectivity index (χ4v) is 3.80. The zero-order chi connectivity index (χ0) is 22.2. The molecule has 0 radical (unpaired) electrons. The number of Topliss-reactive ketones (excluding diaryl/α,β-unsaturated/α-hetero) is 1. The first kappa shape index (κ1) is 21.6. The maximum absolute atomic E-state index is 13.0. The molecule has 8 heteroatoms. The van der Waals surface area contributed by atoms with E-state index in [1.54, 1.807) is 37.9 Å². The summed E-state index contributed by atoms with van der Waals surface area (Å²) in [6.45, 7) is 4.53. The molecular weight excluding hydrogens is 384 g/mol. The highest BCUT2D eigenvalue weighted by Gasteiger charge is 2.46. The SMILES string of the molecule is COc1ccc(C2C(=C(O)c3c(C)nn(C)c3C)C(=O)C(=O)N2CCN(C)C)cc1. The van der Waals surface area contributed by atoms with Gasteiger partial charge in [-0.3, -0.25) is 14.3 Å². The molecule has 8 nitrogen and oxygen atoms in total. The minimum atomic E-state index is -0.685. The van der Waals surface area contributed by atoms with Crippen LogP contribution >= 0.6 is 0 Å². The van der Waals surface area contributed by atoms with Crippen LogP contribution in [-0.4, -0.2) is 70.7 Å². The summed E-state index contributed by atoms with van der Waals surface area (Å²) in [6, 6.07) is 6.50. The fourth-order valence-electron chi connectivity index (χ4n) is 3.80. The Bertz CT molecular complexity index is 1000. The zero-order valence-electron chi connectivity index (χ0n) is 18.3. The van der Waals surface area contributed by atoms with Gasteiger partial charge in [0.25, 0.3) is 11.7 Å². The van der Waals surface area contributed by atoms with E-state index in [1.165, 1.54) is 4.90 Å². The Morgan fingerprint density at radius 3 is 2.33 bits per heavy atom. The van der Waals surface area contributed by atoms with E-state index in [2.05, 4.69) is 5.10 Å². The number of amides is 1. The van der Waals surface area contributed by atoms with Gasteiger partial charge in [-0.1, -0.05) is 12.1 Å². The summed E-state index contributed by atoms with van der Waals surface area (Å²) in [4.78, 5) is 29.4. The molecule has 2 aromatic rings. The van der Waals surface area contributed by atoms with Crippen molar-refractivity contribution in [3.05, 3.63) is 52.4 Å². The molecule has 1 aliphatic rings. The van der Waals surface area contributed by atoms with Crippen LogP contribution in [0.25, 0.3) is 5.76 Å². The molecule has 1 unspecified atom stereocenters. The van der Waals surface area contributed by atoms with E-state index in [0.717, 1.165) is 11.3 Å². The first-order valence-electron chi connectivity index (χ1n) is 9.75. The van der Waals surface area contributed by atoms with Crippen LogP contribution in [0.15, 0.2) is 29.8 Å². The number of hydrogen-bond acceptors (Lipinski definition) is 6. The van der Waals surface area contributed by atoms with Gasteiger partial charge in [0.05, 0.1) is 30.0 Å². The quantitative estimate of drug-likeness (QED) is 0.444. The first-order valence-corrected chi connectivity index (χ1v) is 9.75. The summed E-state index contributed by atoms with van der Waals surface area (Å²) in [7, 11) is 7.16. The lowest BCUT2D eigenvalue weighted by atomic mass is 9.94. The van der Waals surface area contributed by atoms with Crippen molar-refractivity contribution in [2.24, 2.45) is 7.05 Å². The van der Waals surface area contributed by atoms with E-state index >= 15 is 0 Å². The van der Waals surface area contributed by atoms with E-state index < -0.39 is 17.7 Å². The Morgan fingerprint density at radius 2 is 1.83 bits per heavy atom. The van der Waals surface area contributed by atoms with Crippen LogP contribution < -0.4 is 4.74 Å². The minimum absolute atomic E-state index is 0.0862. The summed E-state index contributed by atoms with van der Waals surface area (Å²) in [5.41, 5.74) is 2.62. The van der Waals surface area contributed by atoms with Gasteiger partial charge in [-0.05, 0) is 45.6 Å². The van der Waals surface area contributed by atoms with Crippen molar-refractivity contribution in [3.63, 3.8) is 0 Å². The average molecular weight is 412 g/mol. The van der Waals surface area contributed by atoms with E-state index in [-0.39, 0.29) is 11.3 Å². The third-order valence-electron chi connectivity index (χ3n) is 5.51. The van der Waals surface area contributed by atoms with Gasteiger partial charge in [-0.25, -0.2) is 0 Å². The average Bonchev–Trinajstić information content (AvgIpc) is 3.11. The topological polar surface area (TPSA) is 87.9 Å². The van der Waals surface area contributed by atoms with Crippen LogP contribution in [-0.2, 0) is 16.6 Å². The Kier molecular flexibility index (Phi) is 5.98. The standard InChI is InChI=1S/C22H28N4O4/c1-13-17(14(2)25(5)23-13)20(27)18-19(15-7-9-16(30-6)10-8-15)26(12-11-24(3)4)22(29)21(18)28/h7-10,19,27H,11-12H2,1-6H3. The second-order valence-corrected chi connectivity index (χ2v) is 7.74.